The fraction of sp³-hybridized carbons (Fsp3) is 1.00. The average Bonchev–Trinajstić information content (AvgIpc) is 1.30. The minimum atomic E-state index is -0.407. The predicted molar refractivity (Wildman–Crippen MR) is 15.3 cm³/mol. The van der Waals surface area contributed by atoms with E-state index in [0.717, 1.165) is 0 Å². The van der Waals surface area contributed by atoms with Crippen LogP contribution in [-0.4, -0.2) is 19.3 Å². The van der Waals surface area contributed by atoms with E-state index in [9.17, 15) is 5.11 Å². The summed E-state index contributed by atoms with van der Waals surface area (Å²) >= 11 is 0. The molecular formula is C3H5O2. The van der Waals surface area contributed by atoms with Gasteiger partial charge in [-0.3, -0.25) is 0 Å². The fourth-order valence-corrected chi connectivity index (χ4v) is 0.214. The van der Waals surface area contributed by atoms with Crippen LogP contribution in [0, 0.1) is 0 Å². The molecule has 0 amide bonds. The largest absolute Gasteiger partial charge is 0.376 e. The van der Waals surface area contributed by atoms with Crippen molar-refractivity contribution in [3.63, 3.8) is 0 Å². The molecule has 2 heteroatoms. The summed E-state index contributed by atoms with van der Waals surface area (Å²) in [5, 5.41) is 9.86. The lowest BCUT2D eigenvalue weighted by Gasteiger charge is -2.16. The van der Waals surface area contributed by atoms with E-state index in [-0.39, 0.29) is 0 Å². The Morgan fingerprint density at radius 1 is 1.60 bits per heavy atom. The van der Waals surface area contributed by atoms with Crippen LogP contribution < -0.4 is 0 Å². The van der Waals surface area contributed by atoms with Crippen molar-refractivity contribution in [2.45, 2.75) is 6.10 Å². The summed E-state index contributed by atoms with van der Waals surface area (Å²) in [7, 11) is 0. The van der Waals surface area contributed by atoms with Crippen LogP contribution in [0.15, 0.2) is 0 Å². The molecule has 0 atom stereocenters. The quantitative estimate of drug-likeness (QED) is 0.391. The van der Waals surface area contributed by atoms with E-state index >= 15 is 0 Å². The lowest BCUT2D eigenvalue weighted by molar-refractivity contribution is -0.126. The first-order valence-electron chi connectivity index (χ1n) is 1.63. The summed E-state index contributed by atoms with van der Waals surface area (Å²) in [6.07, 6.45) is -0.407. The number of hydrogen-bond acceptors (Lipinski definition) is 1. The van der Waals surface area contributed by atoms with Gasteiger partial charge in [0.2, 0.25) is 0 Å². The summed E-state index contributed by atoms with van der Waals surface area (Å²) in [4.78, 5) is 0. The van der Waals surface area contributed by atoms with E-state index in [1.807, 2.05) is 0 Å². The monoisotopic (exact) mass is 73.0 g/mol. The van der Waals surface area contributed by atoms with Crippen molar-refractivity contribution in [1.29, 1.82) is 0 Å². The van der Waals surface area contributed by atoms with Gasteiger partial charge in [-0.05, 0) is 0 Å². The summed E-state index contributed by atoms with van der Waals surface area (Å²) in [5.74, 6) is 0. The molecule has 0 aromatic carbocycles. The maximum atomic E-state index is 9.86. The first-order valence-corrected chi connectivity index (χ1v) is 1.63. The van der Waals surface area contributed by atoms with Crippen molar-refractivity contribution < 1.29 is 9.84 Å². The lowest BCUT2D eigenvalue weighted by Crippen LogP contribution is -2.31. The van der Waals surface area contributed by atoms with E-state index in [2.05, 4.69) is 4.74 Å². The first-order chi connectivity index (χ1) is 2.39. The van der Waals surface area contributed by atoms with Crippen molar-refractivity contribution in [3.8, 4) is 0 Å². The number of ether oxygens (including phenoxy) is 1. The Balaban J connectivity index is 2.08. The third kappa shape index (κ3) is 0.412. The molecule has 0 N–H and O–H groups in total. The zero-order valence-corrected chi connectivity index (χ0v) is 2.81. The van der Waals surface area contributed by atoms with Crippen LogP contribution in [0.3, 0.4) is 0 Å². The van der Waals surface area contributed by atoms with Gasteiger partial charge in [0.1, 0.15) is 6.10 Å². The van der Waals surface area contributed by atoms with Crippen LogP contribution in [0.1, 0.15) is 0 Å². The van der Waals surface area contributed by atoms with Gasteiger partial charge >= 0.3 is 0 Å². The smallest absolute Gasteiger partial charge is 0.139 e. The molecule has 0 unspecified atom stereocenters. The molecular weight excluding hydrogens is 68.0 g/mol. The van der Waals surface area contributed by atoms with Crippen molar-refractivity contribution >= 4 is 0 Å². The fourth-order valence-electron chi connectivity index (χ4n) is 0.214. The van der Waals surface area contributed by atoms with E-state index in [0.29, 0.717) is 13.2 Å². The van der Waals surface area contributed by atoms with Gasteiger partial charge in [-0.25, -0.2) is 5.11 Å². The SMILES string of the molecule is [O]C1COC1. The Morgan fingerprint density at radius 2 is 2.00 bits per heavy atom. The average molecular weight is 73.1 g/mol. The van der Waals surface area contributed by atoms with Gasteiger partial charge < -0.3 is 4.74 Å². The standard InChI is InChI=1S/C3H5O2/c4-3-1-5-2-3/h3H,1-2H2. The molecule has 2 nitrogen and oxygen atoms in total. The zero-order valence-electron chi connectivity index (χ0n) is 2.81. The second-order valence-electron chi connectivity index (χ2n) is 1.16. The zero-order chi connectivity index (χ0) is 3.70. The minimum Gasteiger partial charge on any atom is -0.376 e. The van der Waals surface area contributed by atoms with Gasteiger partial charge in [-0.1, -0.05) is 0 Å². The van der Waals surface area contributed by atoms with Gasteiger partial charge in [-0.2, -0.15) is 0 Å². The van der Waals surface area contributed by atoms with Crippen LogP contribution in [-0.2, 0) is 9.84 Å². The van der Waals surface area contributed by atoms with E-state index in [4.69, 9.17) is 0 Å². The van der Waals surface area contributed by atoms with Gasteiger partial charge in [0.25, 0.3) is 0 Å². The highest BCUT2D eigenvalue weighted by atomic mass is 16.5. The maximum absolute atomic E-state index is 9.86. The minimum absolute atomic E-state index is 0.407. The van der Waals surface area contributed by atoms with E-state index in [1.54, 1.807) is 0 Å². The highest BCUT2D eigenvalue weighted by molar-refractivity contribution is 4.58. The Hall–Kier alpha value is -0.0800. The highest BCUT2D eigenvalue weighted by Crippen LogP contribution is 1.97. The third-order valence-electron chi connectivity index (χ3n) is 0.607. The van der Waals surface area contributed by atoms with E-state index in [1.165, 1.54) is 0 Å². The molecule has 5 heavy (non-hydrogen) atoms. The molecule has 1 radical (unpaired) electrons. The molecule has 29 valence electrons. The van der Waals surface area contributed by atoms with Gasteiger partial charge in [0.05, 0.1) is 13.2 Å². The summed E-state index contributed by atoms with van der Waals surface area (Å²) < 4.78 is 4.52. The second-order valence-corrected chi connectivity index (χ2v) is 1.16. The first kappa shape index (κ1) is 3.12. The molecule has 1 rings (SSSR count). The van der Waals surface area contributed by atoms with Crippen LogP contribution >= 0.6 is 0 Å². The predicted octanol–water partition coefficient (Wildman–Crippen LogP) is -0.184. The number of rotatable bonds is 0. The molecule has 1 aliphatic heterocycles. The summed E-state index contributed by atoms with van der Waals surface area (Å²) in [6, 6.07) is 0. The molecule has 1 aliphatic rings. The summed E-state index contributed by atoms with van der Waals surface area (Å²) in [6.45, 7) is 0.861. The maximum Gasteiger partial charge on any atom is 0.139 e. The topological polar surface area (TPSA) is 29.1 Å². The Kier molecular flexibility index (Phi) is 0.596. The van der Waals surface area contributed by atoms with Crippen molar-refractivity contribution in [2.24, 2.45) is 0 Å². The van der Waals surface area contributed by atoms with Gasteiger partial charge in [0, 0.05) is 0 Å². The molecule has 0 saturated carbocycles. The molecule has 0 spiro atoms. The Labute approximate surface area is 30.4 Å². The number of hydrogen-bond donors (Lipinski definition) is 0. The van der Waals surface area contributed by atoms with Crippen LogP contribution in [0.25, 0.3) is 0 Å². The molecule has 1 saturated heterocycles. The highest BCUT2D eigenvalue weighted by Gasteiger charge is 2.14. The summed E-state index contributed by atoms with van der Waals surface area (Å²) in [5.41, 5.74) is 0. The Morgan fingerprint density at radius 3 is 2.00 bits per heavy atom. The molecule has 0 aliphatic carbocycles. The molecule has 1 heterocycles. The van der Waals surface area contributed by atoms with Crippen LogP contribution in [0.4, 0.5) is 0 Å². The molecule has 0 aromatic rings. The van der Waals surface area contributed by atoms with Crippen molar-refractivity contribution in [2.75, 3.05) is 13.2 Å². The van der Waals surface area contributed by atoms with Gasteiger partial charge in [0.15, 0.2) is 0 Å². The van der Waals surface area contributed by atoms with Gasteiger partial charge in [-0.15, -0.1) is 0 Å². The molecule has 1 fully saturated rings. The van der Waals surface area contributed by atoms with E-state index < -0.39 is 6.10 Å². The Bertz CT molecular complexity index is 31.9. The van der Waals surface area contributed by atoms with Crippen molar-refractivity contribution in [3.05, 3.63) is 0 Å². The lowest BCUT2D eigenvalue weighted by atomic mass is 10.3. The van der Waals surface area contributed by atoms with Crippen molar-refractivity contribution in [1.82, 2.24) is 0 Å². The molecule has 0 bridgehead atoms. The van der Waals surface area contributed by atoms with Crippen LogP contribution in [0.2, 0.25) is 0 Å². The molecule has 0 aromatic heterocycles. The third-order valence-corrected chi connectivity index (χ3v) is 0.607. The second kappa shape index (κ2) is 0.954. The van der Waals surface area contributed by atoms with Crippen LogP contribution in [0.5, 0.6) is 0 Å². The normalized spacial score (nSPS) is 25.8.